The quantitative estimate of drug-likeness (QED) is 0.232. The van der Waals surface area contributed by atoms with Gasteiger partial charge in [0.15, 0.2) is 11.5 Å². The third kappa shape index (κ3) is 5.29. The first-order valence-electron chi connectivity index (χ1n) is 7.84. The van der Waals surface area contributed by atoms with Gasteiger partial charge in [-0.15, -0.1) is 0 Å². The summed E-state index contributed by atoms with van der Waals surface area (Å²) in [4.78, 5) is 14.9. The van der Waals surface area contributed by atoms with Gasteiger partial charge in [-0.3, -0.25) is 0 Å². The molecule has 0 saturated heterocycles. The van der Waals surface area contributed by atoms with Crippen molar-refractivity contribution in [1.29, 1.82) is 0 Å². The maximum Gasteiger partial charge on any atom is 0.331 e. The number of esters is 1. The lowest BCUT2D eigenvalue weighted by Crippen LogP contribution is -2.12. The molecule has 0 amide bonds. The largest absolute Gasteiger partial charge is 0.493 e. The molecule has 0 fully saturated rings. The van der Waals surface area contributed by atoms with Crippen molar-refractivity contribution in [3.05, 3.63) is 76.2 Å². The molecule has 0 saturated carbocycles. The molecule has 0 aliphatic rings. The van der Waals surface area contributed by atoms with Crippen LogP contribution in [0.5, 0.6) is 11.5 Å². The van der Waals surface area contributed by atoms with Crippen molar-refractivity contribution in [3.63, 3.8) is 0 Å². The van der Waals surface area contributed by atoms with Crippen LogP contribution in [0.2, 0.25) is 0 Å². The first kappa shape index (κ1) is 18.9. The Balaban J connectivity index is 2.17. The topological polar surface area (TPSA) is 93.5 Å². The summed E-state index contributed by atoms with van der Waals surface area (Å²) >= 11 is 0. The Bertz CT molecular complexity index is 815. The SMILES string of the molecule is COc1ccc(C(CN=[N+]=[N-])OC(=O)C=Cc2ccccc2)cc1OC. The van der Waals surface area contributed by atoms with Crippen LogP contribution in [0.15, 0.2) is 59.7 Å². The van der Waals surface area contributed by atoms with Crippen LogP contribution in [0.25, 0.3) is 16.5 Å². The van der Waals surface area contributed by atoms with Crippen LogP contribution >= 0.6 is 0 Å². The van der Waals surface area contributed by atoms with Crippen molar-refractivity contribution in [2.75, 3.05) is 20.8 Å². The number of ether oxygens (including phenoxy) is 3. The lowest BCUT2D eigenvalue weighted by molar-refractivity contribution is -0.142. The van der Waals surface area contributed by atoms with Gasteiger partial charge in [0.05, 0.1) is 20.8 Å². The minimum absolute atomic E-state index is 0.0309. The molecule has 1 atom stereocenters. The summed E-state index contributed by atoms with van der Waals surface area (Å²) < 4.78 is 15.9. The normalized spacial score (nSPS) is 11.5. The van der Waals surface area contributed by atoms with E-state index in [1.807, 2.05) is 30.3 Å². The highest BCUT2D eigenvalue weighted by Crippen LogP contribution is 2.31. The molecule has 2 rings (SSSR count). The van der Waals surface area contributed by atoms with Gasteiger partial charge < -0.3 is 14.2 Å². The number of rotatable bonds is 8. The molecule has 0 aromatic heterocycles. The fourth-order valence-corrected chi connectivity index (χ4v) is 2.28. The number of hydrogen-bond donors (Lipinski definition) is 0. The van der Waals surface area contributed by atoms with Gasteiger partial charge in [-0.1, -0.05) is 41.5 Å². The van der Waals surface area contributed by atoms with Gasteiger partial charge in [-0.25, -0.2) is 4.79 Å². The van der Waals surface area contributed by atoms with E-state index in [1.165, 1.54) is 20.3 Å². The molecule has 26 heavy (non-hydrogen) atoms. The average Bonchev–Trinajstić information content (AvgIpc) is 2.69. The molecule has 0 spiro atoms. The Morgan fingerprint density at radius 2 is 1.88 bits per heavy atom. The van der Waals surface area contributed by atoms with Crippen molar-refractivity contribution < 1.29 is 19.0 Å². The number of carbonyl (C=O) groups is 1. The van der Waals surface area contributed by atoms with Crippen molar-refractivity contribution in [2.24, 2.45) is 5.11 Å². The lowest BCUT2D eigenvalue weighted by Gasteiger charge is -2.17. The van der Waals surface area contributed by atoms with Crippen LogP contribution in [0.1, 0.15) is 17.2 Å². The highest BCUT2D eigenvalue weighted by molar-refractivity contribution is 5.87. The number of methoxy groups -OCH3 is 2. The molecule has 7 heteroatoms. The summed E-state index contributed by atoms with van der Waals surface area (Å²) in [6.07, 6.45) is 2.25. The van der Waals surface area contributed by atoms with Crippen LogP contribution in [0.3, 0.4) is 0 Å². The van der Waals surface area contributed by atoms with Crippen molar-refractivity contribution in [3.8, 4) is 11.5 Å². The predicted octanol–water partition coefficient (Wildman–Crippen LogP) is 4.31. The summed E-state index contributed by atoms with van der Waals surface area (Å²) in [5, 5.41) is 3.53. The Kier molecular flexibility index (Phi) is 7.09. The molecule has 0 heterocycles. The van der Waals surface area contributed by atoms with Crippen LogP contribution < -0.4 is 9.47 Å². The number of benzene rings is 2. The summed E-state index contributed by atoms with van der Waals surface area (Å²) in [6.45, 7) is -0.0309. The van der Waals surface area contributed by atoms with Gasteiger partial charge in [0.25, 0.3) is 0 Å². The van der Waals surface area contributed by atoms with Crippen molar-refractivity contribution in [1.82, 2.24) is 0 Å². The molecule has 0 aliphatic carbocycles. The summed E-state index contributed by atoms with van der Waals surface area (Å²) in [5.41, 5.74) is 10.1. The van der Waals surface area contributed by atoms with E-state index in [2.05, 4.69) is 10.0 Å². The van der Waals surface area contributed by atoms with Gasteiger partial charge in [0.2, 0.25) is 0 Å². The van der Waals surface area contributed by atoms with Crippen LogP contribution in [0, 0.1) is 0 Å². The fraction of sp³-hybridized carbons (Fsp3) is 0.211. The van der Waals surface area contributed by atoms with E-state index >= 15 is 0 Å². The van der Waals surface area contributed by atoms with E-state index in [0.29, 0.717) is 17.1 Å². The third-order valence-corrected chi connectivity index (χ3v) is 3.56. The van der Waals surface area contributed by atoms with E-state index in [4.69, 9.17) is 19.7 Å². The van der Waals surface area contributed by atoms with Crippen LogP contribution in [-0.2, 0) is 9.53 Å². The van der Waals surface area contributed by atoms with Crippen LogP contribution in [-0.4, -0.2) is 26.7 Å². The second kappa shape index (κ2) is 9.76. The average molecular weight is 353 g/mol. The Morgan fingerprint density at radius 1 is 1.15 bits per heavy atom. The molecule has 0 radical (unpaired) electrons. The molecule has 0 aliphatic heterocycles. The molecular weight excluding hydrogens is 334 g/mol. The Morgan fingerprint density at radius 3 is 2.54 bits per heavy atom. The van der Waals surface area contributed by atoms with Gasteiger partial charge in [-0.2, -0.15) is 0 Å². The predicted molar refractivity (Wildman–Crippen MR) is 97.9 cm³/mol. The molecule has 0 bridgehead atoms. The zero-order chi connectivity index (χ0) is 18.8. The minimum Gasteiger partial charge on any atom is -0.493 e. The number of nitrogens with zero attached hydrogens (tertiary/aromatic N) is 3. The minimum atomic E-state index is -0.737. The Labute approximate surface area is 151 Å². The standard InChI is InChI=1S/C19H19N3O4/c1-24-16-10-9-15(12-17(16)25-2)18(13-21-22-20)26-19(23)11-8-14-6-4-3-5-7-14/h3-12,18H,13H2,1-2H3. The van der Waals surface area contributed by atoms with Gasteiger partial charge in [-0.05, 0) is 34.9 Å². The second-order valence-corrected chi connectivity index (χ2v) is 5.20. The number of hydrogen-bond acceptors (Lipinski definition) is 5. The zero-order valence-corrected chi connectivity index (χ0v) is 14.5. The van der Waals surface area contributed by atoms with Crippen molar-refractivity contribution in [2.45, 2.75) is 6.10 Å². The first-order chi connectivity index (χ1) is 12.7. The molecule has 134 valence electrons. The molecular formula is C19H19N3O4. The van der Waals surface area contributed by atoms with E-state index in [-0.39, 0.29) is 6.54 Å². The molecule has 0 N–H and O–H groups in total. The van der Waals surface area contributed by atoms with Gasteiger partial charge in [0, 0.05) is 11.0 Å². The fourth-order valence-electron chi connectivity index (χ4n) is 2.28. The van der Waals surface area contributed by atoms with E-state index in [9.17, 15) is 4.79 Å². The van der Waals surface area contributed by atoms with E-state index in [0.717, 1.165) is 5.56 Å². The highest BCUT2D eigenvalue weighted by Gasteiger charge is 2.17. The smallest absolute Gasteiger partial charge is 0.331 e. The zero-order valence-electron chi connectivity index (χ0n) is 14.5. The number of carbonyl (C=O) groups excluding carboxylic acids is 1. The number of azide groups is 1. The molecule has 7 nitrogen and oxygen atoms in total. The summed E-state index contributed by atoms with van der Waals surface area (Å²) in [7, 11) is 3.04. The maximum atomic E-state index is 12.1. The molecule has 1 unspecified atom stereocenters. The highest BCUT2D eigenvalue weighted by atomic mass is 16.5. The van der Waals surface area contributed by atoms with Crippen molar-refractivity contribution >= 4 is 12.0 Å². The van der Waals surface area contributed by atoms with Gasteiger partial charge in [0.1, 0.15) is 6.10 Å². The second-order valence-electron chi connectivity index (χ2n) is 5.20. The van der Waals surface area contributed by atoms with E-state index in [1.54, 1.807) is 24.3 Å². The summed E-state index contributed by atoms with van der Waals surface area (Å²) in [6, 6.07) is 14.5. The molecule has 2 aromatic rings. The van der Waals surface area contributed by atoms with Crippen LogP contribution in [0.4, 0.5) is 0 Å². The Hall–Kier alpha value is -3.44. The molecule has 2 aromatic carbocycles. The summed E-state index contributed by atoms with van der Waals surface area (Å²) in [5.74, 6) is 0.502. The monoisotopic (exact) mass is 353 g/mol. The van der Waals surface area contributed by atoms with E-state index < -0.39 is 12.1 Å². The first-order valence-corrected chi connectivity index (χ1v) is 7.84. The third-order valence-electron chi connectivity index (χ3n) is 3.56. The maximum absolute atomic E-state index is 12.1. The lowest BCUT2D eigenvalue weighted by atomic mass is 10.1. The van der Waals surface area contributed by atoms with Gasteiger partial charge >= 0.3 is 5.97 Å².